The van der Waals surface area contributed by atoms with Crippen molar-refractivity contribution in [3.63, 3.8) is 0 Å². The molecule has 0 heterocycles. The first-order chi connectivity index (χ1) is 25.3. The lowest BCUT2D eigenvalue weighted by Crippen LogP contribution is -2.00. The summed E-state index contributed by atoms with van der Waals surface area (Å²) in [5.74, 6) is -1.27. The van der Waals surface area contributed by atoms with Crippen LogP contribution in [-0.2, 0) is 30.4 Å². The summed E-state index contributed by atoms with van der Waals surface area (Å²) >= 11 is 0. The molecule has 0 aliphatic heterocycles. The number of nitrogens with one attached hydrogen (secondary N) is 1. The van der Waals surface area contributed by atoms with Crippen molar-refractivity contribution in [3.05, 3.63) is 96.6 Å². The SMILES string of the molecule is COc1cc(N=Nc2cc(S(=O)(=O)O)cc3cc(S(=O)(=O)O)cc(O)c23)c(C)cc1N=Nc1c(S(=O)(=O)O)cc2cc(Nc3ccccc3)ccc2c1O. The van der Waals surface area contributed by atoms with Crippen LogP contribution in [-0.4, -0.2) is 56.2 Å². The first kappa shape index (κ1) is 37.7. The summed E-state index contributed by atoms with van der Waals surface area (Å²) in [4.78, 5) is -2.19. The van der Waals surface area contributed by atoms with Gasteiger partial charge in [-0.3, -0.25) is 13.7 Å². The second kappa shape index (κ2) is 14.1. The highest BCUT2D eigenvalue weighted by molar-refractivity contribution is 7.86. The number of nitrogens with zero attached hydrogens (tertiary/aromatic N) is 4. The van der Waals surface area contributed by atoms with Crippen molar-refractivity contribution in [2.75, 3.05) is 12.4 Å². The Kier molecular flexibility index (Phi) is 9.83. The van der Waals surface area contributed by atoms with Crippen LogP contribution in [0.5, 0.6) is 17.2 Å². The van der Waals surface area contributed by atoms with Gasteiger partial charge in [-0.25, -0.2) is 0 Å². The number of azo groups is 2. The van der Waals surface area contributed by atoms with Crippen molar-refractivity contribution in [2.45, 2.75) is 21.6 Å². The van der Waals surface area contributed by atoms with Crippen molar-refractivity contribution >= 4 is 86.0 Å². The van der Waals surface area contributed by atoms with Crippen molar-refractivity contribution in [2.24, 2.45) is 20.5 Å². The summed E-state index contributed by atoms with van der Waals surface area (Å²) in [6.45, 7) is 1.56. The van der Waals surface area contributed by atoms with Crippen LogP contribution in [0, 0.1) is 6.92 Å². The van der Waals surface area contributed by atoms with E-state index in [0.29, 0.717) is 11.3 Å². The van der Waals surface area contributed by atoms with Crippen molar-refractivity contribution < 1.29 is 53.9 Å². The Balaban J connectivity index is 1.40. The van der Waals surface area contributed by atoms with Crippen molar-refractivity contribution in [1.82, 2.24) is 0 Å². The molecular weight excluding hydrogens is 767 g/mol. The molecule has 0 aromatic heterocycles. The molecule has 0 saturated heterocycles. The maximum atomic E-state index is 12.5. The van der Waals surface area contributed by atoms with Gasteiger partial charge in [0.2, 0.25) is 0 Å². The molecule has 0 aliphatic carbocycles. The molecule has 0 fully saturated rings. The number of methoxy groups -OCH3 is 1. The zero-order chi connectivity index (χ0) is 39.2. The molecule has 0 aliphatic rings. The van der Waals surface area contributed by atoms with Gasteiger partial charge in [0.25, 0.3) is 30.4 Å². The third kappa shape index (κ3) is 7.83. The largest absolute Gasteiger partial charge is 0.507 e. The lowest BCUT2D eigenvalue weighted by molar-refractivity contribution is 0.416. The highest BCUT2D eigenvalue weighted by Crippen LogP contribution is 2.44. The van der Waals surface area contributed by atoms with Crippen molar-refractivity contribution in [3.8, 4) is 17.2 Å². The smallest absolute Gasteiger partial charge is 0.296 e. The topological polar surface area (TPSA) is 274 Å². The summed E-state index contributed by atoms with van der Waals surface area (Å²) < 4.78 is 107. The zero-order valence-corrected chi connectivity index (χ0v) is 30.2. The second-order valence-electron chi connectivity index (χ2n) is 11.6. The normalized spacial score (nSPS) is 12.6. The molecule has 0 radical (unpaired) electrons. The molecule has 0 amide bonds. The van der Waals surface area contributed by atoms with E-state index in [9.17, 15) is 49.1 Å². The lowest BCUT2D eigenvalue weighted by atomic mass is 10.1. The molecule has 6 N–H and O–H groups in total. The number of ether oxygens (including phenoxy) is 1. The number of hydrogen-bond acceptors (Lipinski definition) is 14. The van der Waals surface area contributed by atoms with E-state index in [0.717, 1.165) is 36.0 Å². The number of aryl methyl sites for hydroxylation is 1. The van der Waals surface area contributed by atoms with Gasteiger partial charge in [0.15, 0.2) is 5.75 Å². The predicted octanol–water partition coefficient (Wildman–Crippen LogP) is 8.04. The van der Waals surface area contributed by atoms with Gasteiger partial charge in [0.05, 0.1) is 33.7 Å². The summed E-state index contributed by atoms with van der Waals surface area (Å²) in [5.41, 5.74) is 0.952. The van der Waals surface area contributed by atoms with Gasteiger partial charge in [-0.05, 0) is 83.9 Å². The van der Waals surface area contributed by atoms with E-state index in [1.54, 1.807) is 19.1 Å². The minimum atomic E-state index is -4.93. The van der Waals surface area contributed by atoms with E-state index in [1.807, 2.05) is 30.3 Å². The number of phenols is 2. The van der Waals surface area contributed by atoms with E-state index >= 15 is 0 Å². The molecule has 0 atom stereocenters. The Hall–Kier alpha value is -6.03. The molecule has 6 rings (SSSR count). The van der Waals surface area contributed by atoms with Gasteiger partial charge in [0.1, 0.15) is 27.8 Å². The molecule has 17 nitrogen and oxygen atoms in total. The molecule has 0 bridgehead atoms. The van der Waals surface area contributed by atoms with E-state index in [1.165, 1.54) is 25.3 Å². The van der Waals surface area contributed by atoms with Gasteiger partial charge < -0.3 is 20.3 Å². The summed E-state index contributed by atoms with van der Waals surface area (Å²) in [6.07, 6.45) is 0. The quantitative estimate of drug-likeness (QED) is 0.0566. The van der Waals surface area contributed by atoms with Crippen LogP contribution in [0.1, 0.15) is 5.56 Å². The van der Waals surface area contributed by atoms with E-state index in [-0.39, 0.29) is 44.4 Å². The minimum absolute atomic E-state index is 0.0146. The van der Waals surface area contributed by atoms with Crippen LogP contribution in [0.2, 0.25) is 0 Å². The van der Waals surface area contributed by atoms with E-state index < -0.39 is 62.2 Å². The maximum absolute atomic E-state index is 12.5. The molecule has 20 heteroatoms. The number of benzene rings is 6. The first-order valence-electron chi connectivity index (χ1n) is 15.2. The molecule has 6 aromatic rings. The number of anilines is 2. The molecule has 0 unspecified atom stereocenters. The third-order valence-electron chi connectivity index (χ3n) is 7.96. The van der Waals surface area contributed by atoms with Crippen LogP contribution in [0.25, 0.3) is 21.5 Å². The van der Waals surface area contributed by atoms with Gasteiger partial charge in [-0.1, -0.05) is 18.2 Å². The summed E-state index contributed by atoms with van der Waals surface area (Å²) in [6, 6.07) is 21.1. The molecule has 0 spiro atoms. The van der Waals surface area contributed by atoms with Crippen LogP contribution >= 0.6 is 0 Å². The Morgan fingerprint density at radius 3 is 1.87 bits per heavy atom. The fourth-order valence-corrected chi connectivity index (χ4v) is 7.16. The van der Waals surface area contributed by atoms with E-state index in [4.69, 9.17) is 4.74 Å². The zero-order valence-electron chi connectivity index (χ0n) is 27.8. The van der Waals surface area contributed by atoms with Crippen molar-refractivity contribution in [1.29, 1.82) is 0 Å². The number of aromatic hydroxyl groups is 2. The fraction of sp³-hybridized carbons (Fsp3) is 0.0588. The fourth-order valence-electron chi connectivity index (χ4n) is 5.43. The molecule has 54 heavy (non-hydrogen) atoms. The first-order valence-corrected chi connectivity index (χ1v) is 19.5. The number of para-hydroxylation sites is 1. The highest BCUT2D eigenvalue weighted by atomic mass is 32.2. The predicted molar refractivity (Wildman–Crippen MR) is 196 cm³/mol. The molecule has 278 valence electrons. The average molecular weight is 794 g/mol. The number of fused-ring (bicyclic) bond motifs is 2. The standard InChI is InChI=1S/C34H27N5O12S3/c1-18-10-27(37-39-33-31(54(48,49)50)14-19-11-22(8-9-25(19)34(33)41)35-21-6-4-3-5-7-21)30(51-2)17-26(18)36-38-28-15-23(52(42,43)44)12-20-13-24(53(45,46)47)16-29(40)32(20)28/h3-17,35,40-41H,1-2H3,(H,42,43,44)(H,45,46,47)(H,48,49,50). The number of hydrogen-bond donors (Lipinski definition) is 6. The Bertz CT molecular complexity index is 2900. The Labute approximate surface area is 307 Å². The average Bonchev–Trinajstić information content (AvgIpc) is 3.09. The summed E-state index contributed by atoms with van der Waals surface area (Å²) in [5, 5.41) is 41.2. The molecule has 0 saturated carbocycles. The Morgan fingerprint density at radius 1 is 0.611 bits per heavy atom. The number of rotatable bonds is 10. The van der Waals surface area contributed by atoms with Crippen LogP contribution in [0.15, 0.2) is 126 Å². The van der Waals surface area contributed by atoms with Gasteiger partial charge in [-0.2, -0.15) is 30.4 Å². The van der Waals surface area contributed by atoms with Crippen LogP contribution < -0.4 is 10.1 Å². The Morgan fingerprint density at radius 2 is 1.24 bits per heavy atom. The second-order valence-corrected chi connectivity index (χ2v) is 15.9. The summed E-state index contributed by atoms with van der Waals surface area (Å²) in [7, 11) is -13.4. The third-order valence-corrected chi connectivity index (χ3v) is 10.5. The molecular formula is C34H27N5O12S3. The number of phenolic OH excluding ortho intramolecular Hbond substituents is 2. The molecule has 6 aromatic carbocycles. The minimum Gasteiger partial charge on any atom is -0.507 e. The maximum Gasteiger partial charge on any atom is 0.296 e. The highest BCUT2D eigenvalue weighted by Gasteiger charge is 2.23. The van der Waals surface area contributed by atoms with Gasteiger partial charge in [0, 0.05) is 28.9 Å². The van der Waals surface area contributed by atoms with Crippen LogP contribution in [0.4, 0.5) is 34.1 Å². The monoisotopic (exact) mass is 793 g/mol. The lowest BCUT2D eigenvalue weighted by Gasteiger charge is -2.12. The van der Waals surface area contributed by atoms with E-state index in [2.05, 4.69) is 25.8 Å². The van der Waals surface area contributed by atoms with Gasteiger partial charge in [-0.15, -0.1) is 15.3 Å². The van der Waals surface area contributed by atoms with Gasteiger partial charge >= 0.3 is 0 Å². The van der Waals surface area contributed by atoms with Crippen LogP contribution in [0.3, 0.4) is 0 Å².